The number of H-pyrrole nitrogens is 1. The van der Waals surface area contributed by atoms with Gasteiger partial charge in [0.2, 0.25) is 0 Å². The van der Waals surface area contributed by atoms with Crippen LogP contribution in [-0.2, 0) is 0 Å². The minimum atomic E-state index is 0.908. The molecule has 80 valence electrons. The molecule has 1 heterocycles. The highest BCUT2D eigenvalue weighted by Crippen LogP contribution is 2.33. The van der Waals surface area contributed by atoms with E-state index in [4.69, 9.17) is 4.74 Å². The standard InChI is InChI=1S/C13H10BrNO/c1-16-12-4-2-3-10-13(12)9-6-5-8(14)7-11(9)15-10/h2-7,15H,1H3. The molecule has 0 fully saturated rings. The lowest BCUT2D eigenvalue weighted by Crippen LogP contribution is -1.82. The van der Waals surface area contributed by atoms with Gasteiger partial charge in [-0.2, -0.15) is 0 Å². The molecule has 0 aliphatic rings. The van der Waals surface area contributed by atoms with Gasteiger partial charge >= 0.3 is 0 Å². The molecule has 0 spiro atoms. The van der Waals surface area contributed by atoms with E-state index in [9.17, 15) is 0 Å². The molecule has 3 aromatic rings. The summed E-state index contributed by atoms with van der Waals surface area (Å²) < 4.78 is 6.47. The van der Waals surface area contributed by atoms with Crippen LogP contribution in [0.15, 0.2) is 40.9 Å². The van der Waals surface area contributed by atoms with Gasteiger partial charge in [-0.1, -0.05) is 28.1 Å². The van der Waals surface area contributed by atoms with Gasteiger partial charge in [-0.3, -0.25) is 0 Å². The molecule has 0 radical (unpaired) electrons. The maximum atomic E-state index is 5.39. The predicted octanol–water partition coefficient (Wildman–Crippen LogP) is 4.09. The third-order valence-electron chi connectivity index (χ3n) is 2.77. The molecule has 0 aliphatic carbocycles. The molecular formula is C13H10BrNO. The fourth-order valence-corrected chi connectivity index (χ4v) is 2.43. The number of hydrogen-bond acceptors (Lipinski definition) is 1. The van der Waals surface area contributed by atoms with Crippen LogP contribution in [0.25, 0.3) is 21.8 Å². The van der Waals surface area contributed by atoms with Gasteiger partial charge in [0.1, 0.15) is 5.75 Å². The summed E-state index contributed by atoms with van der Waals surface area (Å²) in [4.78, 5) is 3.38. The normalized spacial score (nSPS) is 11.1. The molecule has 2 nitrogen and oxygen atoms in total. The van der Waals surface area contributed by atoms with Gasteiger partial charge in [0.05, 0.1) is 12.6 Å². The number of rotatable bonds is 1. The smallest absolute Gasteiger partial charge is 0.128 e. The van der Waals surface area contributed by atoms with Crippen molar-refractivity contribution in [1.82, 2.24) is 4.98 Å². The topological polar surface area (TPSA) is 25.0 Å². The Kier molecular flexibility index (Phi) is 2.14. The van der Waals surface area contributed by atoms with Crippen molar-refractivity contribution in [2.45, 2.75) is 0 Å². The van der Waals surface area contributed by atoms with Crippen LogP contribution in [0.1, 0.15) is 0 Å². The summed E-state index contributed by atoms with van der Waals surface area (Å²) in [5, 5.41) is 2.34. The highest BCUT2D eigenvalue weighted by atomic mass is 79.9. The first-order chi connectivity index (χ1) is 7.79. The molecule has 3 rings (SSSR count). The van der Waals surface area contributed by atoms with Crippen molar-refractivity contribution in [2.24, 2.45) is 0 Å². The van der Waals surface area contributed by atoms with E-state index >= 15 is 0 Å². The summed E-state index contributed by atoms with van der Waals surface area (Å²) in [6, 6.07) is 12.3. The van der Waals surface area contributed by atoms with Gasteiger partial charge in [-0.25, -0.2) is 0 Å². The number of nitrogens with one attached hydrogen (secondary N) is 1. The first-order valence-electron chi connectivity index (χ1n) is 5.03. The third-order valence-corrected chi connectivity index (χ3v) is 3.26. The van der Waals surface area contributed by atoms with Gasteiger partial charge in [0.25, 0.3) is 0 Å². The van der Waals surface area contributed by atoms with E-state index < -0.39 is 0 Å². The molecule has 0 saturated heterocycles. The average molecular weight is 276 g/mol. The van der Waals surface area contributed by atoms with E-state index in [0.717, 1.165) is 26.6 Å². The van der Waals surface area contributed by atoms with Crippen LogP contribution in [0.2, 0.25) is 0 Å². The summed E-state index contributed by atoms with van der Waals surface area (Å²) in [5.41, 5.74) is 2.22. The van der Waals surface area contributed by atoms with Gasteiger partial charge in [-0.05, 0) is 24.3 Å². The molecule has 2 aromatic carbocycles. The van der Waals surface area contributed by atoms with Crippen molar-refractivity contribution in [3.05, 3.63) is 40.9 Å². The monoisotopic (exact) mass is 275 g/mol. The first-order valence-corrected chi connectivity index (χ1v) is 5.83. The fraction of sp³-hybridized carbons (Fsp3) is 0.0769. The van der Waals surface area contributed by atoms with Gasteiger partial charge in [0, 0.05) is 20.8 Å². The maximum Gasteiger partial charge on any atom is 0.128 e. The van der Waals surface area contributed by atoms with Crippen LogP contribution >= 0.6 is 15.9 Å². The highest BCUT2D eigenvalue weighted by molar-refractivity contribution is 9.10. The SMILES string of the molecule is COc1cccc2[nH]c3cc(Br)ccc3c12. The molecule has 0 saturated carbocycles. The second kappa shape index (κ2) is 3.52. The number of aromatic amines is 1. The lowest BCUT2D eigenvalue weighted by atomic mass is 10.1. The highest BCUT2D eigenvalue weighted by Gasteiger charge is 2.08. The first kappa shape index (κ1) is 9.73. The second-order valence-corrected chi connectivity index (χ2v) is 4.61. The molecule has 0 atom stereocenters. The number of benzene rings is 2. The van der Waals surface area contributed by atoms with E-state index in [0.29, 0.717) is 0 Å². The Bertz CT molecular complexity index is 672. The van der Waals surface area contributed by atoms with Gasteiger partial charge in [0.15, 0.2) is 0 Å². The Morgan fingerprint density at radius 2 is 2.00 bits per heavy atom. The zero-order valence-electron chi connectivity index (χ0n) is 8.75. The van der Waals surface area contributed by atoms with E-state index in [-0.39, 0.29) is 0 Å². The average Bonchev–Trinajstić information content (AvgIpc) is 2.65. The number of halogens is 1. The van der Waals surface area contributed by atoms with Crippen molar-refractivity contribution in [3.63, 3.8) is 0 Å². The summed E-state index contributed by atoms with van der Waals surface area (Å²) in [5.74, 6) is 0.908. The van der Waals surface area contributed by atoms with E-state index in [1.54, 1.807) is 7.11 Å². The van der Waals surface area contributed by atoms with Crippen LogP contribution < -0.4 is 4.74 Å². The van der Waals surface area contributed by atoms with Gasteiger partial charge in [-0.15, -0.1) is 0 Å². The van der Waals surface area contributed by atoms with Crippen molar-refractivity contribution < 1.29 is 4.74 Å². The summed E-state index contributed by atoms with van der Waals surface area (Å²) in [6.07, 6.45) is 0. The number of hydrogen-bond donors (Lipinski definition) is 1. The van der Waals surface area contributed by atoms with Crippen LogP contribution in [0.4, 0.5) is 0 Å². The third kappa shape index (κ3) is 1.32. The molecule has 16 heavy (non-hydrogen) atoms. The number of fused-ring (bicyclic) bond motifs is 3. The molecular weight excluding hydrogens is 266 g/mol. The van der Waals surface area contributed by atoms with Crippen molar-refractivity contribution in [1.29, 1.82) is 0 Å². The van der Waals surface area contributed by atoms with Crippen LogP contribution in [0, 0.1) is 0 Å². The molecule has 1 N–H and O–H groups in total. The van der Waals surface area contributed by atoms with Gasteiger partial charge < -0.3 is 9.72 Å². The minimum absolute atomic E-state index is 0.908. The number of ether oxygens (including phenoxy) is 1. The lowest BCUT2D eigenvalue weighted by Gasteiger charge is -2.01. The second-order valence-electron chi connectivity index (χ2n) is 3.70. The number of methoxy groups -OCH3 is 1. The molecule has 0 bridgehead atoms. The largest absolute Gasteiger partial charge is 0.496 e. The summed E-state index contributed by atoms with van der Waals surface area (Å²) in [6.45, 7) is 0. The summed E-state index contributed by atoms with van der Waals surface area (Å²) >= 11 is 3.47. The molecule has 1 aromatic heterocycles. The Hall–Kier alpha value is -1.48. The molecule has 0 amide bonds. The molecule has 0 unspecified atom stereocenters. The molecule has 0 aliphatic heterocycles. The van der Waals surface area contributed by atoms with Crippen LogP contribution in [0.5, 0.6) is 5.75 Å². The lowest BCUT2D eigenvalue weighted by molar-refractivity contribution is 0.420. The minimum Gasteiger partial charge on any atom is -0.496 e. The van der Waals surface area contributed by atoms with Crippen LogP contribution in [-0.4, -0.2) is 12.1 Å². The van der Waals surface area contributed by atoms with E-state index in [2.05, 4.69) is 39.1 Å². The Balaban J connectivity index is 2.52. The van der Waals surface area contributed by atoms with Crippen molar-refractivity contribution in [2.75, 3.05) is 7.11 Å². The zero-order valence-corrected chi connectivity index (χ0v) is 10.3. The fourth-order valence-electron chi connectivity index (χ4n) is 2.07. The Labute approximate surface area is 101 Å². The Morgan fingerprint density at radius 1 is 1.12 bits per heavy atom. The Morgan fingerprint density at radius 3 is 2.81 bits per heavy atom. The molecule has 3 heteroatoms. The maximum absolute atomic E-state index is 5.39. The number of aromatic nitrogens is 1. The quantitative estimate of drug-likeness (QED) is 0.711. The van der Waals surface area contributed by atoms with Crippen LogP contribution in [0.3, 0.4) is 0 Å². The summed E-state index contributed by atoms with van der Waals surface area (Å²) in [7, 11) is 1.70. The zero-order chi connectivity index (χ0) is 11.1. The van der Waals surface area contributed by atoms with Crippen molar-refractivity contribution >= 4 is 37.7 Å². The van der Waals surface area contributed by atoms with E-state index in [1.165, 1.54) is 5.39 Å². The predicted molar refractivity (Wildman–Crippen MR) is 70.1 cm³/mol. The van der Waals surface area contributed by atoms with E-state index in [1.807, 2.05) is 18.2 Å². The van der Waals surface area contributed by atoms with Crippen molar-refractivity contribution in [3.8, 4) is 5.75 Å².